The number of nitrogens with one attached hydrogen (secondary N) is 1. The van der Waals surface area contributed by atoms with Gasteiger partial charge in [0.15, 0.2) is 17.5 Å². The van der Waals surface area contributed by atoms with Crippen LogP contribution in [0.3, 0.4) is 0 Å². The fourth-order valence-corrected chi connectivity index (χ4v) is 5.16. The molecule has 1 aliphatic heterocycles. The number of rotatable bonds is 7. The lowest BCUT2D eigenvalue weighted by atomic mass is 9.73. The number of fused-ring (bicyclic) bond motifs is 1. The maximum Gasteiger partial charge on any atom is 0.249 e. The zero-order valence-corrected chi connectivity index (χ0v) is 21.8. The fourth-order valence-electron chi connectivity index (χ4n) is 4.89. The van der Waals surface area contributed by atoms with Crippen LogP contribution in [0.5, 0.6) is 5.75 Å². The highest BCUT2D eigenvalue weighted by Gasteiger charge is 2.41. The molecule has 0 aliphatic carbocycles. The van der Waals surface area contributed by atoms with Crippen molar-refractivity contribution in [3.63, 3.8) is 0 Å². The minimum absolute atomic E-state index is 0.00585. The van der Waals surface area contributed by atoms with Crippen LogP contribution in [0.1, 0.15) is 43.0 Å². The van der Waals surface area contributed by atoms with E-state index in [1.54, 1.807) is 23.7 Å². The number of likely N-dealkylation sites (tertiary alicyclic amines) is 1. The van der Waals surface area contributed by atoms with Crippen molar-refractivity contribution in [2.45, 2.75) is 31.9 Å². The van der Waals surface area contributed by atoms with Crippen molar-refractivity contribution < 1.29 is 32.3 Å². The highest BCUT2D eigenvalue weighted by Crippen LogP contribution is 2.42. The quantitative estimate of drug-likeness (QED) is 0.126. The molecule has 206 valence electrons. The summed E-state index contributed by atoms with van der Waals surface area (Å²) in [5.74, 6) is 1.16. The number of carbonyl (C=O) groups is 1. The number of aromatic nitrogens is 1. The van der Waals surface area contributed by atoms with E-state index in [4.69, 9.17) is 16.3 Å². The second-order valence-electron chi connectivity index (χ2n) is 9.46. The molecule has 1 unspecified atom stereocenters. The number of nitrogens with zero attached hydrogens (tertiary/aromatic N) is 2. The molecule has 0 radical (unpaired) electrons. The van der Waals surface area contributed by atoms with Gasteiger partial charge in [-0.05, 0) is 56.0 Å². The summed E-state index contributed by atoms with van der Waals surface area (Å²) in [7, 11) is 1.50. The number of amides is 1. The molecule has 2 aromatic carbocycles. The van der Waals surface area contributed by atoms with E-state index in [0.717, 1.165) is 12.1 Å². The summed E-state index contributed by atoms with van der Waals surface area (Å²) in [4.78, 5) is 18.9. The molecule has 0 spiro atoms. The third kappa shape index (κ3) is 6.27. The molecule has 2 N–H and O–H groups in total. The van der Waals surface area contributed by atoms with Gasteiger partial charge >= 0.3 is 0 Å². The Bertz CT molecular complexity index is 1410. The van der Waals surface area contributed by atoms with Crippen molar-refractivity contribution in [3.8, 4) is 17.6 Å². The van der Waals surface area contributed by atoms with Crippen LogP contribution in [0.2, 0.25) is 5.02 Å². The van der Waals surface area contributed by atoms with Crippen molar-refractivity contribution in [1.29, 1.82) is 0 Å². The number of hydrogen-bond acceptors (Lipinski definition) is 5. The van der Waals surface area contributed by atoms with E-state index in [-0.39, 0.29) is 35.5 Å². The Morgan fingerprint density at radius 1 is 1.23 bits per heavy atom. The van der Waals surface area contributed by atoms with Gasteiger partial charge in [0.05, 0.1) is 29.6 Å². The monoisotopic (exact) mass is 563 g/mol. The number of ether oxygens (including phenoxy) is 1. The smallest absolute Gasteiger partial charge is 0.249 e. The maximum absolute atomic E-state index is 15.7. The summed E-state index contributed by atoms with van der Waals surface area (Å²) >= 11 is 6.33. The lowest BCUT2D eigenvalue weighted by Gasteiger charge is -2.40. The van der Waals surface area contributed by atoms with Gasteiger partial charge < -0.3 is 4.74 Å². The van der Waals surface area contributed by atoms with E-state index in [2.05, 4.69) is 16.8 Å². The normalized spacial score (nSPS) is 15.9. The highest BCUT2D eigenvalue weighted by atomic mass is 35.5. The van der Waals surface area contributed by atoms with Gasteiger partial charge in [-0.2, -0.15) is 0 Å². The summed E-state index contributed by atoms with van der Waals surface area (Å²) in [6.07, 6.45) is 0.670. The minimum atomic E-state index is -1.55. The summed E-state index contributed by atoms with van der Waals surface area (Å²) < 4.78 is 60.9. The average Bonchev–Trinajstić information content (AvgIpc) is 2.94. The predicted octanol–water partition coefficient (Wildman–Crippen LogP) is 5.74. The van der Waals surface area contributed by atoms with E-state index in [0.29, 0.717) is 42.6 Å². The number of methoxy groups -OCH3 is 1. The van der Waals surface area contributed by atoms with Crippen LogP contribution >= 0.6 is 11.6 Å². The Morgan fingerprint density at radius 2 is 1.92 bits per heavy atom. The first-order chi connectivity index (χ1) is 18.7. The molecule has 1 fully saturated rings. The highest BCUT2D eigenvalue weighted by molar-refractivity contribution is 6.32. The second kappa shape index (κ2) is 12.2. The zero-order valence-electron chi connectivity index (χ0n) is 21.0. The molecule has 0 saturated carbocycles. The van der Waals surface area contributed by atoms with E-state index >= 15 is 4.39 Å². The Morgan fingerprint density at radius 3 is 2.56 bits per heavy atom. The van der Waals surface area contributed by atoms with Crippen LogP contribution < -0.4 is 10.2 Å². The largest absolute Gasteiger partial charge is 0.497 e. The van der Waals surface area contributed by atoms with Gasteiger partial charge in [0.2, 0.25) is 5.91 Å². The lowest BCUT2D eigenvalue weighted by Crippen LogP contribution is -2.48. The first-order valence-electron chi connectivity index (χ1n) is 12.2. The standard InChI is InChI=1S/C28H26ClF4N3O3/c1-39-18-4-5-24-19(15-18)25(20(29)16-34-24)21(30)6-7-28(27(37)35-38)8-11-36(12-9-28)10-2-3-17-13-22(31)26(33)23(32)14-17/h4-5,13-16,21,38H,6-12H2,1H3,(H,35,37). The van der Waals surface area contributed by atoms with Gasteiger partial charge in [0.1, 0.15) is 11.9 Å². The van der Waals surface area contributed by atoms with Crippen molar-refractivity contribution in [2.75, 3.05) is 26.7 Å². The second-order valence-corrected chi connectivity index (χ2v) is 9.87. The Hall–Kier alpha value is -3.39. The number of halogens is 5. The molecule has 1 aromatic heterocycles. The molecule has 0 bridgehead atoms. The minimum Gasteiger partial charge on any atom is -0.497 e. The molecule has 11 heteroatoms. The number of hydroxylamine groups is 1. The van der Waals surface area contributed by atoms with Crippen molar-refractivity contribution in [3.05, 3.63) is 70.1 Å². The molecule has 6 nitrogen and oxygen atoms in total. The topological polar surface area (TPSA) is 74.7 Å². The molecule has 1 aliphatic rings. The predicted molar refractivity (Wildman–Crippen MR) is 138 cm³/mol. The van der Waals surface area contributed by atoms with E-state index < -0.39 is 34.9 Å². The van der Waals surface area contributed by atoms with Crippen LogP contribution in [-0.4, -0.2) is 47.7 Å². The first kappa shape index (κ1) is 28.6. The van der Waals surface area contributed by atoms with Crippen molar-refractivity contribution in [2.24, 2.45) is 5.41 Å². The molecule has 1 saturated heterocycles. The van der Waals surface area contributed by atoms with Gasteiger partial charge in [-0.1, -0.05) is 23.4 Å². The van der Waals surface area contributed by atoms with Gasteiger partial charge in [-0.3, -0.25) is 19.9 Å². The molecular weight excluding hydrogens is 538 g/mol. The number of piperidine rings is 1. The first-order valence-corrected chi connectivity index (χ1v) is 12.6. The molecule has 3 aromatic rings. The number of alkyl halides is 1. The van der Waals surface area contributed by atoms with E-state index in [1.807, 2.05) is 4.90 Å². The van der Waals surface area contributed by atoms with Gasteiger partial charge in [-0.15, -0.1) is 0 Å². The average molecular weight is 564 g/mol. The molecule has 1 atom stereocenters. The van der Waals surface area contributed by atoms with E-state index in [1.165, 1.54) is 13.3 Å². The van der Waals surface area contributed by atoms with Crippen LogP contribution in [0, 0.1) is 34.7 Å². The summed E-state index contributed by atoms with van der Waals surface area (Å²) in [5.41, 5.74) is 1.54. The lowest BCUT2D eigenvalue weighted by molar-refractivity contribution is -0.143. The van der Waals surface area contributed by atoms with Crippen molar-refractivity contribution >= 4 is 28.4 Å². The number of pyridine rings is 1. The van der Waals surface area contributed by atoms with Gasteiger partial charge in [0, 0.05) is 35.8 Å². The van der Waals surface area contributed by atoms with Gasteiger partial charge in [-0.25, -0.2) is 23.0 Å². The zero-order chi connectivity index (χ0) is 28.2. The molecular formula is C28H26ClF4N3O3. The molecule has 39 heavy (non-hydrogen) atoms. The number of carbonyl (C=O) groups excluding carboxylic acids is 1. The summed E-state index contributed by atoms with van der Waals surface area (Å²) in [5, 5.41) is 10.1. The van der Waals surface area contributed by atoms with Crippen LogP contribution in [0.25, 0.3) is 10.9 Å². The van der Waals surface area contributed by atoms with E-state index in [9.17, 15) is 23.2 Å². The third-order valence-corrected chi connectivity index (χ3v) is 7.47. The summed E-state index contributed by atoms with van der Waals surface area (Å²) in [6, 6.07) is 6.73. The SMILES string of the molecule is COc1ccc2ncc(Cl)c(C(F)CCC3(C(=O)NO)CCN(CC#Cc4cc(F)c(F)c(F)c4)CC3)c2c1. The Balaban J connectivity index is 1.44. The Labute approximate surface area is 227 Å². The van der Waals surface area contributed by atoms with Crippen LogP contribution in [-0.2, 0) is 4.79 Å². The maximum atomic E-state index is 15.7. The van der Waals surface area contributed by atoms with Gasteiger partial charge in [0.25, 0.3) is 0 Å². The summed E-state index contributed by atoms with van der Waals surface area (Å²) in [6.45, 7) is 1.08. The number of benzene rings is 2. The van der Waals surface area contributed by atoms with Crippen LogP contribution in [0.4, 0.5) is 17.6 Å². The molecule has 1 amide bonds. The third-order valence-electron chi connectivity index (χ3n) is 7.17. The van der Waals surface area contributed by atoms with Crippen molar-refractivity contribution in [1.82, 2.24) is 15.4 Å². The Kier molecular flexibility index (Phi) is 8.95. The molecule has 2 heterocycles. The molecule has 4 rings (SSSR count). The number of hydrogen-bond donors (Lipinski definition) is 2. The fraction of sp³-hybridized carbons (Fsp3) is 0.357. The van der Waals surface area contributed by atoms with Crippen LogP contribution in [0.15, 0.2) is 36.5 Å².